The van der Waals surface area contributed by atoms with E-state index in [9.17, 15) is 0 Å². The van der Waals surface area contributed by atoms with Gasteiger partial charge in [0.1, 0.15) is 11.9 Å². The molecule has 1 unspecified atom stereocenters. The molecule has 0 aliphatic carbocycles. The van der Waals surface area contributed by atoms with Crippen LogP contribution in [0.4, 0.5) is 0 Å². The predicted octanol–water partition coefficient (Wildman–Crippen LogP) is 4.70. The number of piperazine rings is 1. The predicted molar refractivity (Wildman–Crippen MR) is 114 cm³/mol. The summed E-state index contributed by atoms with van der Waals surface area (Å²) in [5.74, 6) is 1.58. The van der Waals surface area contributed by atoms with Crippen LogP contribution in [0.5, 0.6) is 5.75 Å². The summed E-state index contributed by atoms with van der Waals surface area (Å²) < 4.78 is 6.25. The molecule has 0 amide bonds. The van der Waals surface area contributed by atoms with Crippen LogP contribution in [0, 0.1) is 6.92 Å². The molecule has 1 saturated heterocycles. The summed E-state index contributed by atoms with van der Waals surface area (Å²) >= 11 is 0. The lowest BCUT2D eigenvalue weighted by atomic mass is 10.0. The third kappa shape index (κ3) is 5.82. The maximum absolute atomic E-state index is 6.25. The van der Waals surface area contributed by atoms with Gasteiger partial charge in [0.2, 0.25) is 0 Å². The number of hydrogen-bond donors (Lipinski definition) is 0. The van der Waals surface area contributed by atoms with Gasteiger partial charge in [0.15, 0.2) is 0 Å². The number of rotatable bonds is 7. The van der Waals surface area contributed by atoms with Crippen LogP contribution in [0.25, 0.3) is 0 Å². The van der Waals surface area contributed by atoms with Crippen LogP contribution >= 0.6 is 0 Å². The van der Waals surface area contributed by atoms with Crippen molar-refractivity contribution in [2.75, 3.05) is 32.7 Å². The van der Waals surface area contributed by atoms with Gasteiger partial charge in [-0.1, -0.05) is 56.3 Å². The normalized spacial score (nSPS) is 17.2. The highest BCUT2D eigenvalue weighted by atomic mass is 16.5. The van der Waals surface area contributed by atoms with Gasteiger partial charge in [-0.05, 0) is 42.5 Å². The Labute approximate surface area is 164 Å². The standard InChI is InChI=1S/C24H34N2O/c1-19(2)23-10-11-24(20(3)16-23)27-21(4)17-25-12-14-26(15-13-25)18-22-8-6-5-7-9-22/h5-11,16,19,21H,12-15,17-18H2,1-4H3. The lowest BCUT2D eigenvalue weighted by Crippen LogP contribution is -2.48. The monoisotopic (exact) mass is 366 g/mol. The molecule has 0 bridgehead atoms. The van der Waals surface area contributed by atoms with E-state index in [1.165, 1.54) is 16.7 Å². The third-order valence-corrected chi connectivity index (χ3v) is 5.42. The van der Waals surface area contributed by atoms with Crippen molar-refractivity contribution < 1.29 is 4.74 Å². The molecule has 0 spiro atoms. The fraction of sp³-hybridized carbons (Fsp3) is 0.500. The Morgan fingerprint density at radius 1 is 0.889 bits per heavy atom. The summed E-state index contributed by atoms with van der Waals surface area (Å²) in [5.41, 5.74) is 4.02. The van der Waals surface area contributed by atoms with E-state index in [0.29, 0.717) is 5.92 Å². The molecular formula is C24H34N2O. The van der Waals surface area contributed by atoms with Crippen molar-refractivity contribution in [3.63, 3.8) is 0 Å². The molecule has 2 aromatic rings. The summed E-state index contributed by atoms with van der Waals surface area (Å²) in [5, 5.41) is 0. The van der Waals surface area contributed by atoms with Crippen molar-refractivity contribution >= 4 is 0 Å². The molecule has 27 heavy (non-hydrogen) atoms. The van der Waals surface area contributed by atoms with E-state index < -0.39 is 0 Å². The Kier molecular flexibility index (Phi) is 6.92. The number of aryl methyl sites for hydroxylation is 1. The maximum Gasteiger partial charge on any atom is 0.122 e. The zero-order valence-electron chi connectivity index (χ0n) is 17.3. The lowest BCUT2D eigenvalue weighted by molar-refractivity contribution is 0.0871. The Morgan fingerprint density at radius 2 is 1.56 bits per heavy atom. The fourth-order valence-electron chi connectivity index (χ4n) is 3.75. The molecule has 3 rings (SSSR count). The van der Waals surface area contributed by atoms with Gasteiger partial charge in [0.05, 0.1) is 0 Å². The van der Waals surface area contributed by atoms with Crippen LogP contribution in [0.3, 0.4) is 0 Å². The van der Waals surface area contributed by atoms with E-state index in [-0.39, 0.29) is 6.10 Å². The number of nitrogens with zero attached hydrogens (tertiary/aromatic N) is 2. The maximum atomic E-state index is 6.25. The second-order valence-corrected chi connectivity index (χ2v) is 8.17. The van der Waals surface area contributed by atoms with E-state index in [1.807, 2.05) is 0 Å². The van der Waals surface area contributed by atoms with Gasteiger partial charge in [0, 0.05) is 39.3 Å². The van der Waals surface area contributed by atoms with Gasteiger partial charge in [-0.15, -0.1) is 0 Å². The largest absolute Gasteiger partial charge is 0.489 e. The molecule has 1 aliphatic heterocycles. The van der Waals surface area contributed by atoms with Gasteiger partial charge in [-0.2, -0.15) is 0 Å². The molecule has 1 atom stereocenters. The zero-order valence-corrected chi connectivity index (χ0v) is 17.3. The quantitative estimate of drug-likeness (QED) is 0.706. The molecule has 0 radical (unpaired) electrons. The molecule has 2 aromatic carbocycles. The van der Waals surface area contributed by atoms with E-state index in [1.54, 1.807) is 0 Å². The minimum Gasteiger partial charge on any atom is -0.489 e. The second kappa shape index (κ2) is 9.38. The van der Waals surface area contributed by atoms with Gasteiger partial charge >= 0.3 is 0 Å². The molecule has 1 heterocycles. The van der Waals surface area contributed by atoms with Crippen molar-refractivity contribution in [1.82, 2.24) is 9.80 Å². The lowest BCUT2D eigenvalue weighted by Gasteiger charge is -2.36. The Morgan fingerprint density at radius 3 is 2.19 bits per heavy atom. The van der Waals surface area contributed by atoms with Gasteiger partial charge in [-0.3, -0.25) is 9.80 Å². The van der Waals surface area contributed by atoms with Crippen LogP contribution in [-0.4, -0.2) is 48.6 Å². The SMILES string of the molecule is Cc1cc(C(C)C)ccc1OC(C)CN1CCN(Cc2ccccc2)CC1. The zero-order chi connectivity index (χ0) is 19.2. The first kappa shape index (κ1) is 19.9. The third-order valence-electron chi connectivity index (χ3n) is 5.42. The number of ether oxygens (including phenoxy) is 1. The second-order valence-electron chi connectivity index (χ2n) is 8.17. The van der Waals surface area contributed by atoms with Gasteiger partial charge in [-0.25, -0.2) is 0 Å². The average Bonchev–Trinajstić information content (AvgIpc) is 2.65. The van der Waals surface area contributed by atoms with Crippen LogP contribution < -0.4 is 4.74 Å². The van der Waals surface area contributed by atoms with E-state index in [2.05, 4.69) is 86.0 Å². The van der Waals surface area contributed by atoms with E-state index in [4.69, 9.17) is 4.74 Å². The van der Waals surface area contributed by atoms with Crippen molar-refractivity contribution in [1.29, 1.82) is 0 Å². The molecular weight excluding hydrogens is 332 g/mol. The van der Waals surface area contributed by atoms with Crippen LogP contribution in [0.2, 0.25) is 0 Å². The average molecular weight is 367 g/mol. The Balaban J connectivity index is 1.45. The number of benzene rings is 2. The highest BCUT2D eigenvalue weighted by Crippen LogP contribution is 2.24. The first-order valence-electron chi connectivity index (χ1n) is 10.3. The topological polar surface area (TPSA) is 15.7 Å². The minimum atomic E-state index is 0.203. The summed E-state index contributed by atoms with van der Waals surface area (Å²) in [6.07, 6.45) is 0.203. The van der Waals surface area contributed by atoms with Gasteiger partial charge < -0.3 is 4.74 Å². The minimum absolute atomic E-state index is 0.203. The molecule has 0 N–H and O–H groups in total. The van der Waals surface area contributed by atoms with Crippen molar-refractivity contribution in [3.8, 4) is 5.75 Å². The van der Waals surface area contributed by atoms with Crippen LogP contribution in [-0.2, 0) is 6.54 Å². The summed E-state index contributed by atoms with van der Waals surface area (Å²) in [6.45, 7) is 15.3. The van der Waals surface area contributed by atoms with Crippen LogP contribution in [0.15, 0.2) is 48.5 Å². The summed E-state index contributed by atoms with van der Waals surface area (Å²) in [4.78, 5) is 5.08. The fourth-order valence-corrected chi connectivity index (χ4v) is 3.75. The molecule has 3 nitrogen and oxygen atoms in total. The molecule has 3 heteroatoms. The highest BCUT2D eigenvalue weighted by Gasteiger charge is 2.19. The van der Waals surface area contributed by atoms with Crippen molar-refractivity contribution in [2.24, 2.45) is 0 Å². The Hall–Kier alpha value is -1.84. The first-order chi connectivity index (χ1) is 13.0. The summed E-state index contributed by atoms with van der Waals surface area (Å²) in [7, 11) is 0. The molecule has 146 valence electrons. The molecule has 0 saturated carbocycles. The molecule has 0 aromatic heterocycles. The number of hydrogen-bond acceptors (Lipinski definition) is 3. The van der Waals surface area contributed by atoms with Crippen molar-refractivity contribution in [2.45, 2.75) is 46.3 Å². The van der Waals surface area contributed by atoms with E-state index >= 15 is 0 Å². The van der Waals surface area contributed by atoms with Gasteiger partial charge in [0.25, 0.3) is 0 Å². The Bertz CT molecular complexity index is 706. The van der Waals surface area contributed by atoms with Crippen LogP contribution in [0.1, 0.15) is 43.4 Å². The molecule has 1 aliphatic rings. The first-order valence-corrected chi connectivity index (χ1v) is 10.3. The highest BCUT2D eigenvalue weighted by molar-refractivity contribution is 5.37. The summed E-state index contributed by atoms with van der Waals surface area (Å²) in [6, 6.07) is 17.4. The van der Waals surface area contributed by atoms with E-state index in [0.717, 1.165) is 45.0 Å². The van der Waals surface area contributed by atoms with Crippen molar-refractivity contribution in [3.05, 3.63) is 65.2 Å². The molecule has 1 fully saturated rings. The smallest absolute Gasteiger partial charge is 0.122 e.